The van der Waals surface area contributed by atoms with Crippen molar-refractivity contribution >= 4 is 53.1 Å². The van der Waals surface area contributed by atoms with E-state index in [9.17, 15) is 14.4 Å². The fraction of sp³-hybridized carbons (Fsp3) is 0.625. The van der Waals surface area contributed by atoms with E-state index in [0.29, 0.717) is 4.43 Å². The summed E-state index contributed by atoms with van der Waals surface area (Å²) >= 11 is 5.69. The zero-order valence-electron chi connectivity index (χ0n) is 8.67. The fourth-order valence-corrected chi connectivity index (χ4v) is 2.13. The Hall–Kier alpha value is -0.550. The van der Waals surface area contributed by atoms with Gasteiger partial charge in [0.05, 0.1) is 5.75 Å². The van der Waals surface area contributed by atoms with Crippen LogP contribution in [-0.4, -0.2) is 51.8 Å². The van der Waals surface area contributed by atoms with Crippen LogP contribution in [0.2, 0.25) is 0 Å². The number of rotatable bonds is 5. The van der Waals surface area contributed by atoms with Crippen molar-refractivity contribution < 1.29 is 24.0 Å². The molecule has 0 spiro atoms. The maximum Gasteiger partial charge on any atom is 0.369 e. The monoisotopic (exact) mass is 374 g/mol. The Bertz CT molecular complexity index is 340. The van der Waals surface area contributed by atoms with Crippen LogP contribution in [0.15, 0.2) is 0 Å². The van der Waals surface area contributed by atoms with Gasteiger partial charge in [0.1, 0.15) is 12.1 Å². The maximum atomic E-state index is 11.3. The van der Waals surface area contributed by atoms with Crippen LogP contribution in [0, 0.1) is 0 Å². The van der Waals surface area contributed by atoms with E-state index in [4.69, 9.17) is 10.6 Å². The second kappa shape index (κ2) is 6.40. The Labute approximate surface area is 116 Å². The van der Waals surface area contributed by atoms with E-state index in [2.05, 4.69) is 17.4 Å². The second-order valence-corrected chi connectivity index (χ2v) is 4.39. The molecule has 2 atom stereocenters. The molecule has 1 fully saturated rings. The molecule has 0 aliphatic carbocycles. The Morgan fingerprint density at radius 3 is 2.65 bits per heavy atom. The highest BCUT2D eigenvalue weighted by Gasteiger charge is 2.47. The lowest BCUT2D eigenvalue weighted by molar-refractivity contribution is -0.229. The highest BCUT2D eigenvalue weighted by molar-refractivity contribution is 14.1. The highest BCUT2D eigenvalue weighted by Crippen LogP contribution is 2.20. The first-order valence-corrected chi connectivity index (χ1v) is 6.79. The van der Waals surface area contributed by atoms with Crippen molar-refractivity contribution in [2.45, 2.75) is 12.1 Å². The number of amides is 1. The lowest BCUT2D eigenvalue weighted by Crippen LogP contribution is -2.69. The van der Waals surface area contributed by atoms with Gasteiger partial charge in [0.15, 0.2) is 6.61 Å². The number of hydrogen-bond donors (Lipinski definition) is 2. The molecule has 1 rings (SSSR count). The van der Waals surface area contributed by atoms with Crippen molar-refractivity contribution in [2.24, 2.45) is 5.73 Å². The number of carbonyl (C=O) groups is 3. The minimum atomic E-state index is -0.824. The predicted octanol–water partition coefficient (Wildman–Crippen LogP) is -1.11. The van der Waals surface area contributed by atoms with Gasteiger partial charge < -0.3 is 15.3 Å². The van der Waals surface area contributed by atoms with Gasteiger partial charge >= 0.3 is 11.9 Å². The first kappa shape index (κ1) is 14.5. The van der Waals surface area contributed by atoms with Crippen molar-refractivity contribution in [1.29, 1.82) is 0 Å². The zero-order chi connectivity index (χ0) is 13.0. The quantitative estimate of drug-likeness (QED) is 0.208. The average molecular weight is 374 g/mol. The van der Waals surface area contributed by atoms with Gasteiger partial charge in [0.2, 0.25) is 0 Å². The highest BCUT2D eigenvalue weighted by atomic mass is 127. The van der Waals surface area contributed by atoms with E-state index in [0.717, 1.165) is 5.06 Å². The van der Waals surface area contributed by atoms with Gasteiger partial charge in [0, 0.05) is 4.43 Å². The summed E-state index contributed by atoms with van der Waals surface area (Å²) in [4.78, 5) is 37.9. The van der Waals surface area contributed by atoms with Crippen LogP contribution in [0.25, 0.3) is 0 Å². The SMILES string of the molecule is NC1C(=O)N(OC(=O)COC(=O)CS)C1CI. The van der Waals surface area contributed by atoms with E-state index in [1.54, 1.807) is 0 Å². The van der Waals surface area contributed by atoms with Gasteiger partial charge in [-0.1, -0.05) is 22.6 Å². The first-order chi connectivity index (χ1) is 8.01. The van der Waals surface area contributed by atoms with E-state index < -0.39 is 30.5 Å². The molecule has 0 radical (unpaired) electrons. The standard InChI is InChI=1S/C8H11IN2O5S/c9-1-4-7(10)8(14)11(4)16-5(12)2-15-6(13)3-17/h4,7,17H,1-3,10H2. The summed E-state index contributed by atoms with van der Waals surface area (Å²) in [6.45, 7) is -0.549. The lowest BCUT2D eigenvalue weighted by atomic mass is 10.0. The smallest absolute Gasteiger partial charge is 0.369 e. The molecule has 0 saturated carbocycles. The van der Waals surface area contributed by atoms with Crippen molar-refractivity contribution in [2.75, 3.05) is 16.8 Å². The largest absolute Gasteiger partial charge is 0.453 e. The molecule has 0 aromatic carbocycles. The number of thiol groups is 1. The zero-order valence-corrected chi connectivity index (χ0v) is 11.7. The topological polar surface area (TPSA) is 98.9 Å². The average Bonchev–Trinajstić information content (AvgIpc) is 2.34. The van der Waals surface area contributed by atoms with E-state index in [1.165, 1.54) is 0 Å². The third kappa shape index (κ3) is 3.45. The molecular formula is C8H11IN2O5S. The molecular weight excluding hydrogens is 363 g/mol. The summed E-state index contributed by atoms with van der Waals surface area (Å²) in [5, 5.41) is 0.911. The van der Waals surface area contributed by atoms with Crippen molar-refractivity contribution in [1.82, 2.24) is 5.06 Å². The van der Waals surface area contributed by atoms with Gasteiger partial charge in [-0.15, -0.1) is 0 Å². The van der Waals surface area contributed by atoms with Crippen LogP contribution >= 0.6 is 35.2 Å². The van der Waals surface area contributed by atoms with Crippen LogP contribution in [0.5, 0.6) is 0 Å². The van der Waals surface area contributed by atoms with Gasteiger partial charge in [-0.3, -0.25) is 9.59 Å². The normalized spacial score (nSPS) is 23.0. The molecule has 0 aromatic heterocycles. The second-order valence-electron chi connectivity index (χ2n) is 3.19. The third-order valence-corrected chi connectivity index (χ3v) is 3.22. The Morgan fingerprint density at radius 2 is 2.12 bits per heavy atom. The molecule has 2 N–H and O–H groups in total. The van der Waals surface area contributed by atoms with Crippen LogP contribution in [0.3, 0.4) is 0 Å². The molecule has 7 nitrogen and oxygen atoms in total. The lowest BCUT2D eigenvalue weighted by Gasteiger charge is -2.41. The van der Waals surface area contributed by atoms with Crippen molar-refractivity contribution in [3.05, 3.63) is 0 Å². The van der Waals surface area contributed by atoms with Gasteiger partial charge in [-0.25, -0.2) is 4.79 Å². The summed E-state index contributed by atoms with van der Waals surface area (Å²) in [5.41, 5.74) is 5.50. The molecule has 1 aliphatic heterocycles. The number of ether oxygens (including phenoxy) is 1. The van der Waals surface area contributed by atoms with E-state index in [1.807, 2.05) is 22.6 Å². The van der Waals surface area contributed by atoms with Crippen LogP contribution < -0.4 is 5.73 Å². The number of hydrogen-bond acceptors (Lipinski definition) is 7. The number of nitrogens with two attached hydrogens (primary N) is 1. The Morgan fingerprint density at radius 1 is 1.47 bits per heavy atom. The summed E-state index contributed by atoms with van der Waals surface area (Å²) in [6, 6.07) is -0.965. The molecule has 17 heavy (non-hydrogen) atoms. The van der Waals surface area contributed by atoms with Crippen LogP contribution in [-0.2, 0) is 24.0 Å². The first-order valence-electron chi connectivity index (χ1n) is 4.63. The van der Waals surface area contributed by atoms with E-state index >= 15 is 0 Å². The molecule has 1 heterocycles. The molecule has 1 aliphatic rings. The summed E-state index contributed by atoms with van der Waals surface area (Å²) < 4.78 is 5.04. The van der Waals surface area contributed by atoms with Gasteiger partial charge in [-0.05, 0) is 0 Å². The number of hydroxylamine groups is 2. The van der Waals surface area contributed by atoms with Crippen LogP contribution in [0.4, 0.5) is 0 Å². The Kier molecular flexibility index (Phi) is 5.46. The molecule has 0 bridgehead atoms. The number of esters is 1. The predicted molar refractivity (Wildman–Crippen MR) is 68.4 cm³/mol. The van der Waals surface area contributed by atoms with Gasteiger partial charge in [-0.2, -0.15) is 17.7 Å². The summed E-state index contributed by atoms with van der Waals surface area (Å²) in [7, 11) is 0. The third-order valence-electron chi connectivity index (χ3n) is 2.06. The summed E-state index contributed by atoms with van der Waals surface area (Å²) in [6.07, 6.45) is 0. The molecule has 9 heteroatoms. The number of halogens is 1. The number of alkyl halides is 1. The van der Waals surface area contributed by atoms with E-state index in [-0.39, 0.29) is 11.8 Å². The fourth-order valence-electron chi connectivity index (χ4n) is 1.13. The van der Waals surface area contributed by atoms with Crippen molar-refractivity contribution in [3.8, 4) is 0 Å². The molecule has 96 valence electrons. The molecule has 1 amide bonds. The number of carbonyl (C=O) groups excluding carboxylic acids is 3. The molecule has 2 unspecified atom stereocenters. The molecule has 1 saturated heterocycles. The van der Waals surface area contributed by atoms with Crippen molar-refractivity contribution in [3.63, 3.8) is 0 Å². The molecule has 0 aromatic rings. The number of nitrogens with zero attached hydrogens (tertiary/aromatic N) is 1. The van der Waals surface area contributed by atoms with Gasteiger partial charge in [0.25, 0.3) is 5.91 Å². The van der Waals surface area contributed by atoms with Crippen LogP contribution in [0.1, 0.15) is 0 Å². The minimum absolute atomic E-state index is 0.128. The summed E-state index contributed by atoms with van der Waals surface area (Å²) in [5.74, 6) is -2.05. The minimum Gasteiger partial charge on any atom is -0.453 e. The Balaban J connectivity index is 2.36. The number of β-lactam (4-membered cyclic amide) rings is 1. The maximum absolute atomic E-state index is 11.3.